The highest BCUT2D eigenvalue weighted by Gasteiger charge is 2.32. The molecular weight excluding hydrogens is 418 g/mol. The molecule has 1 aromatic heterocycles. The summed E-state index contributed by atoms with van der Waals surface area (Å²) in [5.74, 6) is 0.839. The molecule has 3 heterocycles. The minimum absolute atomic E-state index is 0.0128. The molecule has 0 amide bonds. The first-order chi connectivity index (χ1) is 16.2. The first-order valence-corrected chi connectivity index (χ1v) is 11.3. The van der Waals surface area contributed by atoms with Crippen molar-refractivity contribution < 1.29 is 4.92 Å². The van der Waals surface area contributed by atoms with Crippen LogP contribution in [0, 0.1) is 10.1 Å². The third-order valence-electron chi connectivity index (χ3n) is 6.37. The van der Waals surface area contributed by atoms with Gasteiger partial charge in [-0.05, 0) is 24.3 Å². The molecule has 0 radical (unpaired) electrons. The first kappa shape index (κ1) is 21.0. The average molecular weight is 446 g/mol. The summed E-state index contributed by atoms with van der Waals surface area (Å²) in [5, 5.41) is 12.2. The van der Waals surface area contributed by atoms with E-state index in [1.807, 2.05) is 46.2 Å². The minimum atomic E-state index is -0.322. The van der Waals surface area contributed by atoms with Crippen LogP contribution >= 0.6 is 0 Å². The van der Waals surface area contributed by atoms with Crippen LogP contribution in [0.3, 0.4) is 0 Å². The number of anilines is 4. The molecule has 0 N–H and O–H groups in total. The van der Waals surface area contributed by atoms with Gasteiger partial charge in [-0.2, -0.15) is 0 Å². The Bertz CT molecular complexity index is 1000. The summed E-state index contributed by atoms with van der Waals surface area (Å²) >= 11 is 0. The van der Waals surface area contributed by atoms with Crippen LogP contribution in [0.2, 0.25) is 0 Å². The van der Waals surface area contributed by atoms with Crippen LogP contribution in [0.1, 0.15) is 0 Å². The van der Waals surface area contributed by atoms with E-state index in [0.29, 0.717) is 37.8 Å². The summed E-state index contributed by atoms with van der Waals surface area (Å²) < 4.78 is 0. The highest BCUT2D eigenvalue weighted by Crippen LogP contribution is 2.35. The molecule has 5 rings (SSSR count). The summed E-state index contributed by atoms with van der Waals surface area (Å²) in [6.07, 6.45) is 1.46. The molecule has 2 saturated heterocycles. The van der Waals surface area contributed by atoms with Crippen molar-refractivity contribution in [2.45, 2.75) is 0 Å². The van der Waals surface area contributed by atoms with Gasteiger partial charge in [0.05, 0.1) is 4.92 Å². The molecule has 33 heavy (non-hydrogen) atoms. The molecule has 0 atom stereocenters. The molecule has 0 saturated carbocycles. The van der Waals surface area contributed by atoms with Crippen molar-refractivity contribution in [3.05, 3.63) is 77.1 Å². The molecule has 9 nitrogen and oxygen atoms in total. The lowest BCUT2D eigenvalue weighted by molar-refractivity contribution is -0.383. The molecule has 2 fully saturated rings. The zero-order chi connectivity index (χ0) is 22.6. The topological polar surface area (TPSA) is 81.9 Å². The van der Waals surface area contributed by atoms with Crippen molar-refractivity contribution in [3.63, 3.8) is 0 Å². The van der Waals surface area contributed by atoms with Gasteiger partial charge in [-0.3, -0.25) is 10.1 Å². The lowest BCUT2D eigenvalue weighted by Gasteiger charge is -2.38. The van der Waals surface area contributed by atoms with E-state index in [4.69, 9.17) is 0 Å². The zero-order valence-electron chi connectivity index (χ0n) is 18.5. The quantitative estimate of drug-likeness (QED) is 0.438. The molecule has 0 aliphatic carbocycles. The van der Waals surface area contributed by atoms with E-state index in [9.17, 15) is 10.1 Å². The van der Waals surface area contributed by atoms with Gasteiger partial charge in [0, 0.05) is 63.7 Å². The number of para-hydroxylation sites is 2. The van der Waals surface area contributed by atoms with Crippen LogP contribution in [0.4, 0.5) is 28.7 Å². The second-order valence-electron chi connectivity index (χ2n) is 8.25. The normalized spacial score (nSPS) is 16.7. The SMILES string of the molecule is O=[N+]([O-])c1c(N2CCN(c3ccccc3)CC2)ncnc1N1CCN(c2ccccc2)CC1. The molecular formula is C24H27N7O2. The van der Waals surface area contributed by atoms with Gasteiger partial charge in [0.15, 0.2) is 0 Å². The van der Waals surface area contributed by atoms with E-state index in [1.165, 1.54) is 17.7 Å². The third kappa shape index (κ3) is 4.39. The summed E-state index contributed by atoms with van der Waals surface area (Å²) in [6.45, 7) is 5.85. The van der Waals surface area contributed by atoms with E-state index < -0.39 is 0 Å². The number of hydrogen-bond acceptors (Lipinski definition) is 8. The number of benzene rings is 2. The maximum atomic E-state index is 12.2. The summed E-state index contributed by atoms with van der Waals surface area (Å²) in [6, 6.07) is 20.5. The van der Waals surface area contributed by atoms with Gasteiger partial charge < -0.3 is 19.6 Å². The fourth-order valence-electron chi connectivity index (χ4n) is 4.62. The molecule has 170 valence electrons. The number of nitrogens with zero attached hydrogens (tertiary/aromatic N) is 7. The van der Waals surface area contributed by atoms with Crippen molar-refractivity contribution in [1.82, 2.24) is 9.97 Å². The van der Waals surface area contributed by atoms with Crippen LogP contribution in [0.15, 0.2) is 67.0 Å². The predicted molar refractivity (Wildman–Crippen MR) is 130 cm³/mol. The van der Waals surface area contributed by atoms with Crippen LogP contribution in [-0.2, 0) is 0 Å². The van der Waals surface area contributed by atoms with E-state index in [2.05, 4.69) is 44.0 Å². The third-order valence-corrected chi connectivity index (χ3v) is 6.37. The molecule has 9 heteroatoms. The molecule has 0 bridgehead atoms. The highest BCUT2D eigenvalue weighted by molar-refractivity contribution is 5.72. The van der Waals surface area contributed by atoms with Gasteiger partial charge >= 0.3 is 5.69 Å². The number of piperazine rings is 2. The number of nitro groups is 1. The van der Waals surface area contributed by atoms with Gasteiger partial charge in [-0.15, -0.1) is 0 Å². The lowest BCUT2D eigenvalue weighted by Crippen LogP contribution is -2.48. The second kappa shape index (κ2) is 9.32. The molecule has 2 aliphatic rings. The van der Waals surface area contributed by atoms with E-state index in [-0.39, 0.29) is 10.6 Å². The summed E-state index contributed by atoms with van der Waals surface area (Å²) in [5.41, 5.74) is 2.36. The van der Waals surface area contributed by atoms with Gasteiger partial charge in [0.25, 0.3) is 0 Å². The average Bonchev–Trinajstić information content (AvgIpc) is 2.89. The van der Waals surface area contributed by atoms with Gasteiger partial charge in [-0.25, -0.2) is 9.97 Å². The first-order valence-electron chi connectivity index (χ1n) is 11.3. The maximum Gasteiger partial charge on any atom is 0.353 e. The molecule has 2 aromatic carbocycles. The van der Waals surface area contributed by atoms with Crippen molar-refractivity contribution in [2.75, 3.05) is 72.0 Å². The van der Waals surface area contributed by atoms with Crippen molar-refractivity contribution >= 4 is 28.7 Å². The van der Waals surface area contributed by atoms with E-state index in [1.54, 1.807) is 0 Å². The highest BCUT2D eigenvalue weighted by atomic mass is 16.6. The smallest absolute Gasteiger partial charge is 0.353 e. The Labute approximate surface area is 193 Å². The summed E-state index contributed by atoms with van der Waals surface area (Å²) in [4.78, 5) is 29.2. The largest absolute Gasteiger partial charge is 0.368 e. The Hall–Kier alpha value is -3.88. The van der Waals surface area contributed by atoms with Gasteiger partial charge in [0.2, 0.25) is 11.6 Å². The Balaban J connectivity index is 1.32. The molecule has 0 spiro atoms. The van der Waals surface area contributed by atoms with Gasteiger partial charge in [-0.1, -0.05) is 36.4 Å². The minimum Gasteiger partial charge on any atom is -0.368 e. The van der Waals surface area contributed by atoms with Gasteiger partial charge in [0.1, 0.15) is 6.33 Å². The van der Waals surface area contributed by atoms with E-state index >= 15 is 0 Å². The van der Waals surface area contributed by atoms with Crippen LogP contribution in [0.5, 0.6) is 0 Å². The van der Waals surface area contributed by atoms with Crippen molar-refractivity contribution in [3.8, 4) is 0 Å². The Morgan fingerprint density at radius 1 is 0.606 bits per heavy atom. The van der Waals surface area contributed by atoms with Crippen LogP contribution in [0.25, 0.3) is 0 Å². The summed E-state index contributed by atoms with van der Waals surface area (Å²) in [7, 11) is 0. The molecule has 2 aliphatic heterocycles. The lowest BCUT2D eigenvalue weighted by atomic mass is 10.2. The number of aromatic nitrogens is 2. The standard InChI is InChI=1S/C24H27N7O2/c32-31(33)22-23(29-15-11-27(12-16-29)20-7-3-1-4-8-20)25-19-26-24(22)30-17-13-28(14-18-30)21-9-5-2-6-10-21/h1-10,19H,11-18H2. The fourth-order valence-corrected chi connectivity index (χ4v) is 4.62. The Kier molecular flexibility index (Phi) is 5.93. The van der Waals surface area contributed by atoms with Crippen LogP contribution in [-0.4, -0.2) is 67.2 Å². The number of hydrogen-bond donors (Lipinski definition) is 0. The van der Waals surface area contributed by atoms with Crippen molar-refractivity contribution in [2.24, 2.45) is 0 Å². The fraction of sp³-hybridized carbons (Fsp3) is 0.333. The number of rotatable bonds is 5. The monoisotopic (exact) mass is 445 g/mol. The molecule has 0 unspecified atom stereocenters. The maximum absolute atomic E-state index is 12.2. The van der Waals surface area contributed by atoms with Crippen molar-refractivity contribution in [1.29, 1.82) is 0 Å². The second-order valence-corrected chi connectivity index (χ2v) is 8.25. The predicted octanol–water partition coefficient (Wildman–Crippen LogP) is 3.04. The van der Waals surface area contributed by atoms with Crippen LogP contribution < -0.4 is 19.6 Å². The Morgan fingerprint density at radius 2 is 0.970 bits per heavy atom. The van der Waals surface area contributed by atoms with E-state index in [0.717, 1.165) is 26.2 Å². The molecule has 3 aromatic rings. The Morgan fingerprint density at radius 3 is 1.33 bits per heavy atom. The zero-order valence-corrected chi connectivity index (χ0v) is 18.5.